The number of nitriles is 3. The van der Waals surface area contributed by atoms with E-state index in [1.165, 1.54) is 19.3 Å². The van der Waals surface area contributed by atoms with Crippen molar-refractivity contribution in [2.24, 2.45) is 29.6 Å². The maximum atomic E-state index is 13.1. The predicted octanol–water partition coefficient (Wildman–Crippen LogP) is 10.6. The van der Waals surface area contributed by atoms with Crippen molar-refractivity contribution < 1.29 is 33.4 Å². The van der Waals surface area contributed by atoms with Gasteiger partial charge in [0, 0.05) is 40.8 Å². The fraction of sp³-hybridized carbons (Fsp3) is 0.524. The van der Waals surface area contributed by atoms with Crippen molar-refractivity contribution in [1.82, 2.24) is 25.8 Å². The largest absolute Gasteiger partial charge is 0.444 e. The van der Waals surface area contributed by atoms with Crippen LogP contribution in [0.4, 0.5) is 9.59 Å². The van der Waals surface area contributed by atoms with Gasteiger partial charge in [0.25, 0.3) is 0 Å². The normalized spacial score (nSPS) is 25.0. The number of hydrogen-bond donors (Lipinski definition) is 3. The van der Waals surface area contributed by atoms with Crippen molar-refractivity contribution in [1.29, 1.82) is 15.8 Å². The van der Waals surface area contributed by atoms with E-state index in [9.17, 15) is 39.8 Å². The van der Waals surface area contributed by atoms with E-state index < -0.39 is 53.6 Å². The molecule has 15 nitrogen and oxygen atoms in total. The molecule has 4 saturated carbocycles. The van der Waals surface area contributed by atoms with E-state index in [2.05, 4.69) is 69.9 Å². The van der Waals surface area contributed by atoms with Crippen molar-refractivity contribution in [3.05, 3.63) is 117 Å². The number of fused-ring (bicyclic) bond motifs is 6. The Bertz CT molecular complexity index is 2810. The number of likely N-dealkylation sites (tertiary alicyclic amines) is 2. The highest BCUT2D eigenvalue weighted by Crippen LogP contribution is 2.48. The van der Waals surface area contributed by atoms with E-state index in [4.69, 9.17) is 9.47 Å². The minimum Gasteiger partial charge on any atom is -0.444 e. The molecule has 5 amide bonds. The second kappa shape index (κ2) is 26.5. The first-order chi connectivity index (χ1) is 37.6. The Morgan fingerprint density at radius 1 is 0.557 bits per heavy atom. The number of rotatable bonds is 14. The van der Waals surface area contributed by atoms with E-state index >= 15 is 0 Å². The molecule has 9 rings (SSSR count). The van der Waals surface area contributed by atoms with E-state index in [0.717, 1.165) is 82.3 Å². The summed E-state index contributed by atoms with van der Waals surface area (Å²) in [6, 6.07) is 27.3. The number of piperidine rings is 2. The smallest absolute Gasteiger partial charge is 0.411 e. The molecule has 3 aromatic carbocycles. The zero-order chi connectivity index (χ0) is 57.2. The molecule has 4 aliphatic carbocycles. The van der Waals surface area contributed by atoms with Gasteiger partial charge in [-0.15, -0.1) is 0 Å². The summed E-state index contributed by atoms with van der Waals surface area (Å²) < 4.78 is 12.2. The standard InChI is InChI=1S/C23H29N3O3.C21H26IN3O3.C19H22N2O/c1-5-15-6-8-16(9-7-15)12-18(14-24)25-21(27)20-17-10-11-19(13-17)26(20)22(28)29-23(2,3)4;1-21(2,3)28-20(27)25-17-9-6-14(11-17)18(25)19(26)24-16(12-23)10-13-4-7-15(22)8-5-13;1-2-13-3-5-14(6-4-13)10-17(12-20)21-19(22)18-11-15-7-8-16(18)9-15/h5-9,17-20H,1,10-13H2,2-4H3,(H,25,27);4-5,7-8,14,16-18H,6,9-11H2,1-3H3,(H,24,26);2-6,15-18H,1,7-11H2,(H,21,22)/t17-,18-,19+,20-;14-,16-,17+,18-;15-,16+,17+,18+/m001/s1. The van der Waals surface area contributed by atoms with Gasteiger partial charge in [-0.1, -0.05) is 92.4 Å². The molecule has 0 radical (unpaired) electrons. The molecule has 12 atom stereocenters. The van der Waals surface area contributed by atoms with Crippen LogP contribution in [0.15, 0.2) is 86.0 Å². The summed E-state index contributed by atoms with van der Waals surface area (Å²) in [4.78, 5) is 67.1. The molecular weight excluding hydrogens is 1110 g/mol. The third kappa shape index (κ3) is 16.0. The minimum absolute atomic E-state index is 0.0394. The van der Waals surface area contributed by atoms with Crippen LogP contribution in [-0.2, 0) is 43.1 Å². The van der Waals surface area contributed by atoms with E-state index in [0.29, 0.717) is 25.2 Å². The average Bonchev–Trinajstić information content (AvgIpc) is 4.50. The van der Waals surface area contributed by atoms with Crippen molar-refractivity contribution in [2.75, 3.05) is 0 Å². The lowest BCUT2D eigenvalue weighted by atomic mass is 9.88. The SMILES string of the molecule is C=Cc1ccc(C[C@@H](C#N)NC(=O)[C@@H]2[C@H]3CC[C@H](C3)N2C(=O)OC(C)(C)C)cc1.C=Cc1ccc(C[C@@H](C#N)NC(=O)[C@H]2C[C@@H]3CC[C@H]2C3)cc1.CC(C)(C)OC(=O)N1[C@@H]2CC[C@@H](C2)[C@H]1C(=O)N[C@H](C#N)Cc1ccc(I)cc1. The minimum atomic E-state index is -0.656. The average molecular weight is 1190 g/mol. The van der Waals surface area contributed by atoms with Crippen LogP contribution in [0, 0.1) is 67.2 Å². The topological polar surface area (TPSA) is 218 Å². The van der Waals surface area contributed by atoms with Crippen molar-refractivity contribution in [3.8, 4) is 18.2 Å². The summed E-state index contributed by atoms with van der Waals surface area (Å²) in [5, 5.41) is 37.1. The van der Waals surface area contributed by atoms with Crippen molar-refractivity contribution >= 4 is 64.7 Å². The van der Waals surface area contributed by atoms with Crippen LogP contribution >= 0.6 is 22.6 Å². The number of hydrogen-bond acceptors (Lipinski definition) is 10. The van der Waals surface area contributed by atoms with Crippen molar-refractivity contribution in [3.63, 3.8) is 0 Å². The molecule has 6 fully saturated rings. The van der Waals surface area contributed by atoms with Gasteiger partial charge in [-0.25, -0.2) is 9.59 Å². The maximum absolute atomic E-state index is 13.1. The first-order valence-electron chi connectivity index (χ1n) is 27.9. The summed E-state index contributed by atoms with van der Waals surface area (Å²) in [7, 11) is 0. The van der Waals surface area contributed by atoms with Gasteiger partial charge in [-0.05, 0) is 186 Å². The Morgan fingerprint density at radius 3 is 1.25 bits per heavy atom. The zero-order valence-electron chi connectivity index (χ0n) is 46.6. The lowest BCUT2D eigenvalue weighted by Crippen LogP contribution is -2.55. The van der Waals surface area contributed by atoms with Crippen LogP contribution in [0.25, 0.3) is 12.2 Å². The molecular formula is C63H77IN8O7. The number of halogens is 1. The highest BCUT2D eigenvalue weighted by molar-refractivity contribution is 14.1. The second-order valence-corrected chi connectivity index (χ2v) is 25.3. The quantitative estimate of drug-likeness (QED) is 0.130. The number of ether oxygens (including phenoxy) is 2. The van der Waals surface area contributed by atoms with Crippen LogP contribution in [-0.4, -0.2) is 93.2 Å². The van der Waals surface area contributed by atoms with Gasteiger partial charge in [-0.3, -0.25) is 24.2 Å². The molecule has 0 spiro atoms. The Balaban J connectivity index is 0.000000173. The Morgan fingerprint density at radius 2 is 0.924 bits per heavy atom. The van der Waals surface area contributed by atoms with E-state index in [1.807, 2.05) is 114 Å². The molecule has 0 aromatic heterocycles. The summed E-state index contributed by atoms with van der Waals surface area (Å²) in [5.41, 5.74) is 3.84. The number of nitrogens with one attached hydrogen (secondary N) is 3. The zero-order valence-corrected chi connectivity index (χ0v) is 48.7. The summed E-state index contributed by atoms with van der Waals surface area (Å²) in [5.74, 6) is 1.25. The molecule has 6 bridgehead atoms. The Hall–Kier alpha value is -6.71. The Kier molecular flexibility index (Phi) is 20.1. The first-order valence-corrected chi connectivity index (χ1v) is 29.0. The van der Waals surface area contributed by atoms with Gasteiger partial charge in [0.1, 0.15) is 41.4 Å². The number of amides is 5. The summed E-state index contributed by atoms with van der Waals surface area (Å²) >= 11 is 2.23. The molecule has 3 aromatic rings. The fourth-order valence-electron chi connectivity index (χ4n) is 12.5. The monoisotopic (exact) mass is 1180 g/mol. The molecule has 79 heavy (non-hydrogen) atoms. The van der Waals surface area contributed by atoms with Crippen LogP contribution in [0.5, 0.6) is 0 Å². The molecule has 3 N–H and O–H groups in total. The van der Waals surface area contributed by atoms with Gasteiger partial charge in [0.05, 0.1) is 18.2 Å². The van der Waals surface area contributed by atoms with Crippen LogP contribution < -0.4 is 16.0 Å². The number of carbonyl (C=O) groups is 5. The van der Waals surface area contributed by atoms with Gasteiger partial charge in [-0.2, -0.15) is 15.8 Å². The number of carbonyl (C=O) groups excluding carboxylic acids is 5. The molecule has 2 heterocycles. The van der Waals surface area contributed by atoms with Crippen LogP contribution in [0.2, 0.25) is 0 Å². The lowest BCUT2D eigenvalue weighted by Gasteiger charge is -2.35. The highest BCUT2D eigenvalue weighted by atomic mass is 127. The van der Waals surface area contributed by atoms with E-state index in [1.54, 1.807) is 22.0 Å². The Labute approximate surface area is 480 Å². The summed E-state index contributed by atoms with van der Waals surface area (Å²) in [6.45, 7) is 18.4. The molecule has 2 aliphatic heterocycles. The second-order valence-electron chi connectivity index (χ2n) is 24.1. The maximum Gasteiger partial charge on any atom is 0.411 e. The van der Waals surface area contributed by atoms with Gasteiger partial charge >= 0.3 is 12.2 Å². The molecule has 0 unspecified atom stereocenters. The number of benzene rings is 3. The molecule has 6 aliphatic rings. The lowest BCUT2D eigenvalue weighted by molar-refractivity contribution is -0.128. The highest BCUT2D eigenvalue weighted by Gasteiger charge is 2.54. The van der Waals surface area contributed by atoms with Gasteiger partial charge < -0.3 is 25.4 Å². The van der Waals surface area contributed by atoms with Gasteiger partial charge in [0.15, 0.2) is 0 Å². The van der Waals surface area contributed by atoms with Crippen LogP contribution in [0.1, 0.15) is 134 Å². The third-order valence-electron chi connectivity index (χ3n) is 16.1. The van der Waals surface area contributed by atoms with Crippen molar-refractivity contribution in [2.45, 2.75) is 179 Å². The first kappa shape index (κ1) is 59.9. The van der Waals surface area contributed by atoms with E-state index in [-0.39, 0.29) is 47.6 Å². The van der Waals surface area contributed by atoms with Gasteiger partial charge in [0.2, 0.25) is 17.7 Å². The molecule has 2 saturated heterocycles. The molecule has 16 heteroatoms. The molecule has 418 valence electrons. The fourth-order valence-corrected chi connectivity index (χ4v) is 12.8. The third-order valence-corrected chi connectivity index (χ3v) is 16.8. The number of nitrogens with zero attached hydrogens (tertiary/aromatic N) is 5. The van der Waals surface area contributed by atoms with Crippen LogP contribution in [0.3, 0.4) is 0 Å². The summed E-state index contributed by atoms with van der Waals surface area (Å²) in [6.07, 6.45) is 14.0. The predicted molar refractivity (Wildman–Crippen MR) is 311 cm³/mol.